The summed E-state index contributed by atoms with van der Waals surface area (Å²) in [6, 6.07) is 10.5. The lowest BCUT2D eigenvalue weighted by atomic mass is 10.2. The molecule has 0 aliphatic heterocycles. The predicted molar refractivity (Wildman–Crippen MR) is 115 cm³/mol. The highest BCUT2D eigenvalue weighted by Crippen LogP contribution is 2.30. The molecular formula is C21H24N4O6. The molecule has 2 amide bonds. The molecule has 0 unspecified atom stereocenters. The van der Waals surface area contributed by atoms with Gasteiger partial charge in [-0.3, -0.25) is 9.59 Å². The number of carbonyl (C=O) groups is 2. The van der Waals surface area contributed by atoms with Gasteiger partial charge >= 0.3 is 0 Å². The van der Waals surface area contributed by atoms with Crippen LogP contribution in [-0.2, 0) is 9.59 Å². The summed E-state index contributed by atoms with van der Waals surface area (Å²) >= 11 is 0. The van der Waals surface area contributed by atoms with E-state index in [1.165, 1.54) is 40.9 Å². The maximum absolute atomic E-state index is 11.9. The molecule has 10 nitrogen and oxygen atoms in total. The fraction of sp³-hybridized carbons (Fsp3) is 0.238. The minimum absolute atomic E-state index is 0.459. The first-order chi connectivity index (χ1) is 15.0. The van der Waals surface area contributed by atoms with Crippen LogP contribution >= 0.6 is 0 Å². The molecule has 31 heavy (non-hydrogen) atoms. The Morgan fingerprint density at radius 3 is 1.52 bits per heavy atom. The van der Waals surface area contributed by atoms with Gasteiger partial charge in [-0.25, -0.2) is 10.9 Å². The van der Waals surface area contributed by atoms with E-state index in [4.69, 9.17) is 18.9 Å². The molecule has 0 saturated carbocycles. The Balaban J connectivity index is 1.89. The number of hydrazone groups is 2. The molecule has 0 saturated heterocycles. The monoisotopic (exact) mass is 428 g/mol. The van der Waals surface area contributed by atoms with Gasteiger partial charge in [-0.05, 0) is 24.3 Å². The first-order valence-electron chi connectivity index (χ1n) is 9.09. The molecule has 0 spiro atoms. The van der Waals surface area contributed by atoms with Crippen molar-refractivity contribution >= 4 is 24.2 Å². The zero-order valence-corrected chi connectivity index (χ0v) is 17.7. The number of benzene rings is 2. The highest BCUT2D eigenvalue weighted by atomic mass is 16.5. The number of para-hydroxylation sites is 2. The average molecular weight is 428 g/mol. The average Bonchev–Trinajstić information content (AvgIpc) is 2.78. The SMILES string of the molecule is COc1cccc(/C=N/NC(=O)CC(=O)N/N=C/c2cccc(OC)c2OC)c1OC. The van der Waals surface area contributed by atoms with E-state index in [9.17, 15) is 9.59 Å². The lowest BCUT2D eigenvalue weighted by molar-refractivity contribution is -0.129. The third kappa shape index (κ3) is 6.46. The molecule has 2 aromatic carbocycles. The molecular weight excluding hydrogens is 404 g/mol. The van der Waals surface area contributed by atoms with Gasteiger partial charge in [0.15, 0.2) is 23.0 Å². The van der Waals surface area contributed by atoms with Crippen molar-refractivity contribution in [1.29, 1.82) is 0 Å². The largest absolute Gasteiger partial charge is 0.493 e. The molecule has 0 atom stereocenters. The summed E-state index contributed by atoms with van der Waals surface area (Å²) in [7, 11) is 6.04. The van der Waals surface area contributed by atoms with Crippen molar-refractivity contribution in [3.63, 3.8) is 0 Å². The molecule has 0 aliphatic rings. The number of methoxy groups -OCH3 is 4. The van der Waals surface area contributed by atoms with Crippen LogP contribution in [0.1, 0.15) is 17.5 Å². The highest BCUT2D eigenvalue weighted by molar-refractivity contribution is 5.97. The van der Waals surface area contributed by atoms with E-state index < -0.39 is 18.2 Å². The molecule has 0 bridgehead atoms. The fourth-order valence-electron chi connectivity index (χ4n) is 2.60. The van der Waals surface area contributed by atoms with E-state index in [0.717, 1.165) is 0 Å². The number of hydrogen-bond acceptors (Lipinski definition) is 8. The number of nitrogens with one attached hydrogen (secondary N) is 2. The van der Waals surface area contributed by atoms with E-state index in [0.29, 0.717) is 34.1 Å². The first kappa shape index (κ1) is 23.2. The summed E-state index contributed by atoms with van der Waals surface area (Å²) < 4.78 is 20.9. The molecule has 0 aliphatic carbocycles. The van der Waals surface area contributed by atoms with Gasteiger partial charge < -0.3 is 18.9 Å². The highest BCUT2D eigenvalue weighted by Gasteiger charge is 2.10. The van der Waals surface area contributed by atoms with Crippen LogP contribution in [0.25, 0.3) is 0 Å². The minimum Gasteiger partial charge on any atom is -0.493 e. The molecule has 0 fully saturated rings. The number of amides is 2. The quantitative estimate of drug-likeness (QED) is 0.338. The van der Waals surface area contributed by atoms with Crippen LogP contribution in [0.5, 0.6) is 23.0 Å². The summed E-state index contributed by atoms with van der Waals surface area (Å²) in [5.74, 6) is 0.797. The number of rotatable bonds is 10. The van der Waals surface area contributed by atoms with Gasteiger partial charge in [0, 0.05) is 11.1 Å². The van der Waals surface area contributed by atoms with Gasteiger partial charge in [-0.1, -0.05) is 12.1 Å². The third-order valence-corrected chi connectivity index (χ3v) is 3.97. The van der Waals surface area contributed by atoms with Crippen molar-refractivity contribution < 1.29 is 28.5 Å². The number of ether oxygens (including phenoxy) is 4. The normalized spacial score (nSPS) is 10.7. The van der Waals surface area contributed by atoms with E-state index in [2.05, 4.69) is 21.1 Å². The van der Waals surface area contributed by atoms with E-state index in [1.54, 1.807) is 36.4 Å². The van der Waals surface area contributed by atoms with Crippen LogP contribution in [0.3, 0.4) is 0 Å². The first-order valence-corrected chi connectivity index (χ1v) is 9.09. The van der Waals surface area contributed by atoms with E-state index in [1.807, 2.05) is 0 Å². The van der Waals surface area contributed by atoms with Gasteiger partial charge in [0.1, 0.15) is 6.42 Å². The lowest BCUT2D eigenvalue weighted by Crippen LogP contribution is -2.27. The van der Waals surface area contributed by atoms with Crippen LogP contribution in [0.15, 0.2) is 46.6 Å². The van der Waals surface area contributed by atoms with Crippen LogP contribution in [0, 0.1) is 0 Å². The van der Waals surface area contributed by atoms with Crippen molar-refractivity contribution in [2.45, 2.75) is 6.42 Å². The molecule has 0 aromatic heterocycles. The molecule has 2 N–H and O–H groups in total. The second kappa shape index (κ2) is 11.8. The Hall–Kier alpha value is -4.08. The van der Waals surface area contributed by atoms with Crippen LogP contribution in [0.4, 0.5) is 0 Å². The smallest absolute Gasteiger partial charge is 0.249 e. The Morgan fingerprint density at radius 1 is 0.742 bits per heavy atom. The zero-order valence-electron chi connectivity index (χ0n) is 17.7. The second-order valence-electron chi connectivity index (χ2n) is 5.93. The fourth-order valence-corrected chi connectivity index (χ4v) is 2.60. The predicted octanol–water partition coefficient (Wildman–Crippen LogP) is 1.71. The van der Waals surface area contributed by atoms with Crippen molar-refractivity contribution in [2.24, 2.45) is 10.2 Å². The van der Waals surface area contributed by atoms with Gasteiger partial charge in [-0.2, -0.15) is 10.2 Å². The molecule has 10 heteroatoms. The van der Waals surface area contributed by atoms with Crippen LogP contribution in [-0.4, -0.2) is 52.7 Å². The maximum Gasteiger partial charge on any atom is 0.249 e. The lowest BCUT2D eigenvalue weighted by Gasteiger charge is -2.09. The van der Waals surface area contributed by atoms with Gasteiger partial charge in [-0.15, -0.1) is 0 Å². The number of carbonyl (C=O) groups excluding carboxylic acids is 2. The third-order valence-electron chi connectivity index (χ3n) is 3.97. The second-order valence-corrected chi connectivity index (χ2v) is 5.93. The van der Waals surface area contributed by atoms with Crippen molar-refractivity contribution in [2.75, 3.05) is 28.4 Å². The number of hydrogen-bond donors (Lipinski definition) is 2. The number of nitrogens with zero attached hydrogens (tertiary/aromatic N) is 2. The summed E-state index contributed by atoms with van der Waals surface area (Å²) in [5, 5.41) is 7.68. The van der Waals surface area contributed by atoms with E-state index >= 15 is 0 Å². The molecule has 0 radical (unpaired) electrons. The van der Waals surface area contributed by atoms with Gasteiger partial charge in [0.2, 0.25) is 11.8 Å². The Kier molecular flexibility index (Phi) is 8.84. The van der Waals surface area contributed by atoms with Crippen molar-refractivity contribution in [3.05, 3.63) is 47.5 Å². The summed E-state index contributed by atoms with van der Waals surface area (Å²) in [6.07, 6.45) is 2.33. The standard InChI is InChI=1S/C21H24N4O6/c1-28-16-9-5-7-14(20(16)30-3)12-22-24-18(26)11-19(27)25-23-13-15-8-6-10-17(29-2)21(15)31-4/h5-10,12-13H,11H2,1-4H3,(H,24,26)(H,25,27)/b22-12+,23-13+. The summed E-state index contributed by atoms with van der Waals surface area (Å²) in [5.41, 5.74) is 5.76. The van der Waals surface area contributed by atoms with Gasteiger partial charge in [0.05, 0.1) is 40.9 Å². The Morgan fingerprint density at radius 2 is 1.16 bits per heavy atom. The van der Waals surface area contributed by atoms with Crippen molar-refractivity contribution in [1.82, 2.24) is 10.9 Å². The summed E-state index contributed by atoms with van der Waals surface area (Å²) in [4.78, 5) is 23.8. The molecule has 2 aromatic rings. The topological polar surface area (TPSA) is 120 Å². The van der Waals surface area contributed by atoms with E-state index in [-0.39, 0.29) is 0 Å². The maximum atomic E-state index is 11.9. The van der Waals surface area contributed by atoms with Gasteiger partial charge in [0.25, 0.3) is 0 Å². The van der Waals surface area contributed by atoms with Crippen LogP contribution < -0.4 is 29.8 Å². The van der Waals surface area contributed by atoms with Crippen LogP contribution in [0.2, 0.25) is 0 Å². The Bertz CT molecular complexity index is 897. The molecule has 2 rings (SSSR count). The molecule has 0 heterocycles. The Labute approximate surface area is 179 Å². The summed E-state index contributed by atoms with van der Waals surface area (Å²) in [6.45, 7) is 0. The zero-order chi connectivity index (χ0) is 22.6. The van der Waals surface area contributed by atoms with Crippen molar-refractivity contribution in [3.8, 4) is 23.0 Å². The minimum atomic E-state index is -0.607. The molecule has 164 valence electrons.